The summed E-state index contributed by atoms with van der Waals surface area (Å²) >= 11 is 1.47. The highest BCUT2D eigenvalue weighted by atomic mass is 32.1. The maximum Gasteiger partial charge on any atom is 0.262 e. The minimum absolute atomic E-state index is 0.0138. The molecule has 0 aliphatic carbocycles. The van der Waals surface area contributed by atoms with E-state index in [1.807, 2.05) is 35.5 Å². The summed E-state index contributed by atoms with van der Waals surface area (Å²) in [5.74, 6) is 0.213. The Bertz CT molecular complexity index is 825. The predicted octanol–water partition coefficient (Wildman–Crippen LogP) is 2.27. The van der Waals surface area contributed by atoms with Crippen LogP contribution in [0, 0.1) is 0 Å². The van der Waals surface area contributed by atoms with Gasteiger partial charge in [0.05, 0.1) is 23.7 Å². The van der Waals surface area contributed by atoms with Crippen molar-refractivity contribution in [2.75, 3.05) is 13.1 Å². The third kappa shape index (κ3) is 2.90. The van der Waals surface area contributed by atoms with E-state index in [0.717, 1.165) is 28.1 Å². The Morgan fingerprint density at radius 1 is 1.29 bits per heavy atom. The van der Waals surface area contributed by atoms with E-state index in [1.54, 1.807) is 12.1 Å². The molecule has 0 bridgehead atoms. The molecular weight excluding hydrogens is 324 g/mol. The first kappa shape index (κ1) is 14.9. The van der Waals surface area contributed by atoms with Crippen molar-refractivity contribution in [2.45, 2.75) is 13.0 Å². The fourth-order valence-corrected chi connectivity index (χ4v) is 3.48. The van der Waals surface area contributed by atoms with E-state index in [4.69, 9.17) is 0 Å². The van der Waals surface area contributed by atoms with Gasteiger partial charge in [-0.1, -0.05) is 0 Å². The van der Waals surface area contributed by atoms with Crippen LogP contribution < -0.4 is 0 Å². The van der Waals surface area contributed by atoms with E-state index in [2.05, 4.69) is 9.47 Å². The molecule has 2 aromatic rings. The van der Waals surface area contributed by atoms with Crippen molar-refractivity contribution in [2.24, 2.45) is 5.10 Å². The molecule has 0 fully saturated rings. The van der Waals surface area contributed by atoms with Crippen LogP contribution in [0.15, 0.2) is 41.8 Å². The first-order chi connectivity index (χ1) is 11.7. The summed E-state index contributed by atoms with van der Waals surface area (Å²) in [7, 11) is 0. The number of aromatic hydroxyl groups is 1. The summed E-state index contributed by atoms with van der Waals surface area (Å²) in [4.78, 5) is 15.6. The van der Waals surface area contributed by atoms with Crippen LogP contribution in [0.25, 0.3) is 6.08 Å². The van der Waals surface area contributed by atoms with Crippen molar-refractivity contribution < 1.29 is 9.90 Å². The van der Waals surface area contributed by atoms with Crippen LogP contribution in [0.5, 0.6) is 5.75 Å². The zero-order valence-corrected chi connectivity index (χ0v) is 13.7. The van der Waals surface area contributed by atoms with Crippen LogP contribution in [0.1, 0.15) is 22.4 Å². The highest BCUT2D eigenvalue weighted by molar-refractivity contribution is 7.06. The molecule has 1 aromatic carbocycles. The van der Waals surface area contributed by atoms with Crippen molar-refractivity contribution in [1.82, 2.24) is 14.3 Å². The Morgan fingerprint density at radius 2 is 2.12 bits per heavy atom. The second-order valence-electron chi connectivity index (χ2n) is 5.80. The largest absolute Gasteiger partial charge is 0.508 e. The lowest BCUT2D eigenvalue weighted by Gasteiger charge is -2.24. The average molecular weight is 340 g/mol. The zero-order valence-electron chi connectivity index (χ0n) is 12.9. The lowest BCUT2D eigenvalue weighted by atomic mass is 10.1. The Morgan fingerprint density at radius 3 is 2.96 bits per heavy atom. The maximum atomic E-state index is 12.5. The van der Waals surface area contributed by atoms with Crippen LogP contribution in [0.4, 0.5) is 0 Å². The smallest absolute Gasteiger partial charge is 0.262 e. The SMILES string of the molecule is O=C(CN1C=Cc2sncc2C1)N1CCC(c2ccc(O)cc2)=N1. The molecule has 0 radical (unpaired) electrons. The number of carbonyl (C=O) groups excluding carboxylic acids is 1. The first-order valence-corrected chi connectivity index (χ1v) is 8.49. The van der Waals surface area contributed by atoms with Gasteiger partial charge in [-0.15, -0.1) is 0 Å². The molecule has 2 aliphatic heterocycles. The number of hydrogen-bond donors (Lipinski definition) is 1. The van der Waals surface area contributed by atoms with Gasteiger partial charge >= 0.3 is 0 Å². The summed E-state index contributed by atoms with van der Waals surface area (Å²) in [6, 6.07) is 6.90. The molecule has 3 heterocycles. The summed E-state index contributed by atoms with van der Waals surface area (Å²) in [5, 5.41) is 15.3. The first-order valence-electron chi connectivity index (χ1n) is 7.72. The monoisotopic (exact) mass is 340 g/mol. The van der Waals surface area contributed by atoms with E-state index in [-0.39, 0.29) is 11.7 Å². The molecule has 1 aromatic heterocycles. The number of aromatic nitrogens is 1. The molecule has 1 amide bonds. The second-order valence-corrected chi connectivity index (χ2v) is 6.63. The molecule has 0 atom stereocenters. The number of carbonyl (C=O) groups is 1. The molecule has 1 N–H and O–H groups in total. The molecule has 24 heavy (non-hydrogen) atoms. The Kier molecular flexibility index (Phi) is 3.78. The maximum absolute atomic E-state index is 12.5. The van der Waals surface area contributed by atoms with Crippen molar-refractivity contribution in [3.8, 4) is 5.75 Å². The average Bonchev–Trinajstić information content (AvgIpc) is 3.24. The van der Waals surface area contributed by atoms with Crippen molar-refractivity contribution in [3.63, 3.8) is 0 Å². The molecule has 0 spiro atoms. The van der Waals surface area contributed by atoms with Crippen molar-refractivity contribution in [3.05, 3.63) is 52.7 Å². The lowest BCUT2D eigenvalue weighted by Crippen LogP contribution is -2.34. The summed E-state index contributed by atoms with van der Waals surface area (Å²) in [6.45, 7) is 1.60. The minimum atomic E-state index is -0.0138. The van der Waals surface area contributed by atoms with Crippen LogP contribution in [0.2, 0.25) is 0 Å². The number of fused-ring (bicyclic) bond motifs is 1. The second kappa shape index (κ2) is 6.09. The molecule has 7 heteroatoms. The Balaban J connectivity index is 1.41. The Labute approximate surface area is 143 Å². The van der Waals surface area contributed by atoms with Gasteiger partial charge < -0.3 is 10.0 Å². The number of benzene rings is 1. The number of nitrogens with zero attached hydrogens (tertiary/aromatic N) is 4. The predicted molar refractivity (Wildman–Crippen MR) is 92.5 cm³/mol. The molecule has 2 aliphatic rings. The van der Waals surface area contributed by atoms with Gasteiger partial charge in [0.1, 0.15) is 5.75 Å². The van der Waals surface area contributed by atoms with Crippen molar-refractivity contribution >= 4 is 29.2 Å². The van der Waals surface area contributed by atoms with E-state index >= 15 is 0 Å². The van der Waals surface area contributed by atoms with E-state index in [0.29, 0.717) is 19.6 Å². The van der Waals surface area contributed by atoms with Crippen LogP contribution in [-0.4, -0.2) is 44.1 Å². The fraction of sp³-hybridized carbons (Fsp3) is 0.235. The number of rotatable bonds is 3. The lowest BCUT2D eigenvalue weighted by molar-refractivity contribution is -0.131. The normalized spacial score (nSPS) is 16.2. The third-order valence-corrected chi connectivity index (χ3v) is 4.92. The minimum Gasteiger partial charge on any atom is -0.508 e. The summed E-state index contributed by atoms with van der Waals surface area (Å²) < 4.78 is 4.17. The number of hydrogen-bond acceptors (Lipinski definition) is 6. The topological polar surface area (TPSA) is 69.0 Å². The highest BCUT2D eigenvalue weighted by Crippen LogP contribution is 2.23. The van der Waals surface area contributed by atoms with Crippen LogP contribution >= 0.6 is 11.5 Å². The van der Waals surface area contributed by atoms with Crippen molar-refractivity contribution in [1.29, 1.82) is 0 Å². The van der Waals surface area contributed by atoms with Crippen LogP contribution in [0.3, 0.4) is 0 Å². The zero-order chi connectivity index (χ0) is 16.5. The standard InChI is InChI=1S/C17H16N4O2S/c22-14-3-1-12(2-4-14)15-5-8-21(19-15)17(23)11-20-7-6-16-13(10-20)9-18-24-16/h1-4,6-7,9,22H,5,8,10-11H2. The Hall–Kier alpha value is -2.67. The number of hydrazone groups is 1. The van der Waals surface area contributed by atoms with Gasteiger partial charge in [0, 0.05) is 30.9 Å². The molecular formula is C17H16N4O2S. The molecule has 0 saturated carbocycles. The van der Waals surface area contributed by atoms with Gasteiger partial charge in [-0.3, -0.25) is 4.79 Å². The van der Waals surface area contributed by atoms with E-state index in [1.165, 1.54) is 16.5 Å². The van der Waals surface area contributed by atoms with Gasteiger partial charge in [-0.25, -0.2) is 9.38 Å². The van der Waals surface area contributed by atoms with E-state index in [9.17, 15) is 9.90 Å². The molecule has 0 unspecified atom stereocenters. The highest BCUT2D eigenvalue weighted by Gasteiger charge is 2.23. The summed E-state index contributed by atoms with van der Waals surface area (Å²) in [5.41, 5.74) is 2.97. The van der Waals surface area contributed by atoms with Gasteiger partial charge in [0.15, 0.2) is 0 Å². The molecule has 6 nitrogen and oxygen atoms in total. The molecule has 0 saturated heterocycles. The quantitative estimate of drug-likeness (QED) is 0.931. The van der Waals surface area contributed by atoms with E-state index < -0.39 is 0 Å². The number of amides is 1. The molecule has 4 rings (SSSR count). The fourth-order valence-electron chi connectivity index (χ4n) is 2.83. The number of phenolic OH excluding ortho intramolecular Hbond substituents is 1. The van der Waals surface area contributed by atoms with Crippen LogP contribution in [-0.2, 0) is 11.3 Å². The number of phenols is 1. The van der Waals surface area contributed by atoms with Gasteiger partial charge in [-0.2, -0.15) is 5.10 Å². The van der Waals surface area contributed by atoms with Gasteiger partial charge in [0.2, 0.25) is 0 Å². The molecule has 122 valence electrons. The van der Waals surface area contributed by atoms with Gasteiger partial charge in [0.25, 0.3) is 5.91 Å². The van der Waals surface area contributed by atoms with Gasteiger partial charge in [-0.05, 0) is 47.4 Å². The summed E-state index contributed by atoms with van der Waals surface area (Å²) in [6.07, 6.45) is 6.53. The third-order valence-electron chi connectivity index (χ3n) is 4.11.